The topological polar surface area (TPSA) is 56.5 Å². The average Bonchev–Trinajstić information content (AvgIpc) is 2.48. The van der Waals surface area contributed by atoms with Gasteiger partial charge in [0.05, 0.1) is 19.4 Å². The highest BCUT2D eigenvalue weighted by Gasteiger charge is 2.04. The van der Waals surface area contributed by atoms with E-state index in [-0.39, 0.29) is 0 Å². The molecule has 0 fully saturated rings. The molecule has 2 aromatic carbocycles. The van der Waals surface area contributed by atoms with E-state index in [0.717, 1.165) is 29.1 Å². The molecule has 0 aromatic heterocycles. The monoisotopic (exact) mass is 286 g/mol. The zero-order chi connectivity index (χ0) is 15.2. The van der Waals surface area contributed by atoms with E-state index < -0.39 is 0 Å². The van der Waals surface area contributed by atoms with Gasteiger partial charge in [-0.25, -0.2) is 0 Å². The maximum Gasteiger partial charge on any atom is 0.144 e. The van der Waals surface area contributed by atoms with Gasteiger partial charge in [0, 0.05) is 17.4 Å². The Bertz CT molecular complexity index is 612. The van der Waals surface area contributed by atoms with E-state index in [0.29, 0.717) is 18.0 Å². The van der Waals surface area contributed by atoms with E-state index in [9.17, 15) is 0 Å². The minimum absolute atomic E-state index is 0.653. The number of nitrogens with two attached hydrogens (primary N) is 1. The summed E-state index contributed by atoms with van der Waals surface area (Å²) in [7, 11) is 1.67. The second kappa shape index (κ2) is 6.88. The van der Waals surface area contributed by atoms with E-state index in [4.69, 9.17) is 15.2 Å². The van der Waals surface area contributed by atoms with Crippen LogP contribution in [0.2, 0.25) is 0 Å². The largest absolute Gasteiger partial charge is 0.496 e. The van der Waals surface area contributed by atoms with Gasteiger partial charge >= 0.3 is 0 Å². The first kappa shape index (κ1) is 15.0. The third-order valence-electron chi connectivity index (χ3n) is 3.16. The quantitative estimate of drug-likeness (QED) is 0.784. The number of benzene rings is 2. The normalized spacial score (nSPS) is 10.2. The minimum atomic E-state index is 0.653. The van der Waals surface area contributed by atoms with Crippen molar-refractivity contribution in [2.75, 3.05) is 24.8 Å². The van der Waals surface area contributed by atoms with Crippen molar-refractivity contribution in [3.05, 3.63) is 42.0 Å². The summed E-state index contributed by atoms with van der Waals surface area (Å²) < 4.78 is 10.9. The van der Waals surface area contributed by atoms with Crippen LogP contribution in [0.4, 0.5) is 17.1 Å². The number of nitrogens with one attached hydrogen (secondary N) is 1. The number of rotatable bonds is 6. The first-order valence-electron chi connectivity index (χ1n) is 7.08. The SMILES string of the molecule is CCCOc1cc(Nc2ccc(OC)c(C)c2)ccc1N. The third-order valence-corrected chi connectivity index (χ3v) is 3.16. The van der Waals surface area contributed by atoms with E-state index in [1.54, 1.807) is 7.11 Å². The summed E-state index contributed by atoms with van der Waals surface area (Å²) in [6.07, 6.45) is 0.953. The molecule has 0 amide bonds. The van der Waals surface area contributed by atoms with Gasteiger partial charge in [-0.1, -0.05) is 6.92 Å². The van der Waals surface area contributed by atoms with Crippen LogP contribution >= 0.6 is 0 Å². The molecule has 2 rings (SSSR count). The molecule has 0 aliphatic heterocycles. The van der Waals surface area contributed by atoms with Crippen molar-refractivity contribution in [1.29, 1.82) is 0 Å². The molecular formula is C17H22N2O2. The second-order valence-corrected chi connectivity index (χ2v) is 4.91. The van der Waals surface area contributed by atoms with Crippen LogP contribution in [0.15, 0.2) is 36.4 Å². The predicted molar refractivity (Wildman–Crippen MR) is 87.7 cm³/mol. The molecule has 3 N–H and O–H groups in total. The van der Waals surface area contributed by atoms with Crippen LogP contribution in [-0.2, 0) is 0 Å². The van der Waals surface area contributed by atoms with E-state index >= 15 is 0 Å². The zero-order valence-electron chi connectivity index (χ0n) is 12.8. The number of methoxy groups -OCH3 is 1. The number of hydrogen-bond donors (Lipinski definition) is 2. The molecule has 0 bridgehead atoms. The van der Waals surface area contributed by atoms with Crippen LogP contribution in [0, 0.1) is 6.92 Å². The lowest BCUT2D eigenvalue weighted by molar-refractivity contribution is 0.319. The van der Waals surface area contributed by atoms with Crippen molar-refractivity contribution in [3.8, 4) is 11.5 Å². The van der Waals surface area contributed by atoms with Crippen molar-refractivity contribution in [1.82, 2.24) is 0 Å². The van der Waals surface area contributed by atoms with E-state index in [2.05, 4.69) is 12.2 Å². The zero-order valence-corrected chi connectivity index (χ0v) is 12.8. The molecule has 0 unspecified atom stereocenters. The van der Waals surface area contributed by atoms with Crippen LogP contribution in [0.1, 0.15) is 18.9 Å². The Balaban J connectivity index is 2.17. The predicted octanol–water partition coefficient (Wildman–Crippen LogP) is 4.12. The lowest BCUT2D eigenvalue weighted by Crippen LogP contribution is -2.00. The van der Waals surface area contributed by atoms with Crippen LogP contribution in [0.5, 0.6) is 11.5 Å². The van der Waals surface area contributed by atoms with E-state index in [1.165, 1.54) is 0 Å². The standard InChI is InChI=1S/C17H22N2O2/c1-4-9-21-17-11-14(5-7-15(17)18)19-13-6-8-16(20-3)12(2)10-13/h5-8,10-11,19H,4,9,18H2,1-3H3. The number of aryl methyl sites for hydroxylation is 1. The molecule has 0 atom stereocenters. The molecule has 112 valence electrons. The molecule has 0 heterocycles. The van der Waals surface area contributed by atoms with Crippen LogP contribution < -0.4 is 20.5 Å². The highest BCUT2D eigenvalue weighted by molar-refractivity contribution is 5.67. The number of hydrogen-bond acceptors (Lipinski definition) is 4. The Morgan fingerprint density at radius 1 is 1.05 bits per heavy atom. The summed E-state index contributed by atoms with van der Waals surface area (Å²) in [5.41, 5.74) is 9.60. The Morgan fingerprint density at radius 3 is 2.43 bits per heavy atom. The van der Waals surface area contributed by atoms with Crippen molar-refractivity contribution >= 4 is 17.1 Å². The Labute approximate surface area is 125 Å². The third kappa shape index (κ3) is 3.81. The molecule has 0 aliphatic carbocycles. The van der Waals surface area contributed by atoms with E-state index in [1.807, 2.05) is 43.3 Å². The molecule has 0 spiro atoms. The lowest BCUT2D eigenvalue weighted by Gasteiger charge is -2.13. The van der Waals surface area contributed by atoms with Gasteiger partial charge in [0.25, 0.3) is 0 Å². The summed E-state index contributed by atoms with van der Waals surface area (Å²) in [4.78, 5) is 0. The maximum absolute atomic E-state index is 5.92. The summed E-state index contributed by atoms with van der Waals surface area (Å²) in [5, 5.41) is 3.35. The van der Waals surface area contributed by atoms with Crippen LogP contribution in [-0.4, -0.2) is 13.7 Å². The number of ether oxygens (including phenoxy) is 2. The van der Waals surface area contributed by atoms with Crippen molar-refractivity contribution < 1.29 is 9.47 Å². The summed E-state index contributed by atoms with van der Waals surface area (Å²) in [5.74, 6) is 1.59. The molecule has 0 saturated heterocycles. The Morgan fingerprint density at radius 2 is 1.76 bits per heavy atom. The fourth-order valence-electron chi connectivity index (χ4n) is 2.07. The van der Waals surface area contributed by atoms with Gasteiger partial charge in [-0.3, -0.25) is 0 Å². The number of nitrogen functional groups attached to an aromatic ring is 1. The Hall–Kier alpha value is -2.36. The summed E-state index contributed by atoms with van der Waals surface area (Å²) >= 11 is 0. The van der Waals surface area contributed by atoms with Gasteiger partial charge in [-0.2, -0.15) is 0 Å². The van der Waals surface area contributed by atoms with Crippen molar-refractivity contribution in [3.63, 3.8) is 0 Å². The van der Waals surface area contributed by atoms with Crippen LogP contribution in [0.25, 0.3) is 0 Å². The fourth-order valence-corrected chi connectivity index (χ4v) is 2.07. The average molecular weight is 286 g/mol. The van der Waals surface area contributed by atoms with Gasteiger partial charge < -0.3 is 20.5 Å². The highest BCUT2D eigenvalue weighted by Crippen LogP contribution is 2.29. The molecular weight excluding hydrogens is 264 g/mol. The molecule has 2 aromatic rings. The summed E-state index contributed by atoms with van der Waals surface area (Å²) in [6, 6.07) is 11.7. The minimum Gasteiger partial charge on any atom is -0.496 e. The molecule has 4 nitrogen and oxygen atoms in total. The van der Waals surface area contributed by atoms with Gasteiger partial charge in [0.15, 0.2) is 0 Å². The fraction of sp³-hybridized carbons (Fsp3) is 0.294. The smallest absolute Gasteiger partial charge is 0.144 e. The molecule has 0 radical (unpaired) electrons. The van der Waals surface area contributed by atoms with Crippen molar-refractivity contribution in [2.24, 2.45) is 0 Å². The second-order valence-electron chi connectivity index (χ2n) is 4.91. The summed E-state index contributed by atoms with van der Waals surface area (Å²) in [6.45, 7) is 4.75. The maximum atomic E-state index is 5.92. The Kier molecular flexibility index (Phi) is 4.93. The van der Waals surface area contributed by atoms with Gasteiger partial charge in [-0.15, -0.1) is 0 Å². The molecule has 21 heavy (non-hydrogen) atoms. The molecule has 0 aliphatic rings. The van der Waals surface area contributed by atoms with Crippen molar-refractivity contribution in [2.45, 2.75) is 20.3 Å². The van der Waals surface area contributed by atoms with Gasteiger partial charge in [0.1, 0.15) is 11.5 Å². The van der Waals surface area contributed by atoms with Crippen LogP contribution in [0.3, 0.4) is 0 Å². The lowest BCUT2D eigenvalue weighted by atomic mass is 10.2. The molecule has 4 heteroatoms. The van der Waals surface area contributed by atoms with Gasteiger partial charge in [-0.05, 0) is 49.2 Å². The highest BCUT2D eigenvalue weighted by atomic mass is 16.5. The first-order chi connectivity index (χ1) is 10.1. The molecule has 0 saturated carbocycles. The first-order valence-corrected chi connectivity index (χ1v) is 7.08. The van der Waals surface area contributed by atoms with Gasteiger partial charge in [0.2, 0.25) is 0 Å². The number of anilines is 3.